The van der Waals surface area contributed by atoms with Gasteiger partial charge in [-0.1, -0.05) is 24.4 Å². The number of pyridine rings is 1. The number of nitriles is 1. The first-order valence-electron chi connectivity index (χ1n) is 4.24. The third kappa shape index (κ3) is 1.40. The smallest absolute Gasteiger partial charge is 0.121 e. The number of benzene rings is 1. The molecule has 2 nitrogen and oxygen atoms in total. The quantitative estimate of drug-likeness (QED) is 0.664. The molecule has 0 aliphatic heterocycles. The van der Waals surface area contributed by atoms with Gasteiger partial charge in [0.25, 0.3) is 0 Å². The van der Waals surface area contributed by atoms with Crippen molar-refractivity contribution in [3.05, 3.63) is 40.0 Å². The Balaban J connectivity index is 2.88. The lowest BCUT2D eigenvalue weighted by Crippen LogP contribution is -1.85. The fourth-order valence-corrected chi connectivity index (χ4v) is 1.61. The molecule has 0 amide bonds. The summed E-state index contributed by atoms with van der Waals surface area (Å²) in [4.78, 5) is 3.04. The predicted octanol–water partition coefficient (Wildman–Crippen LogP) is 3.08. The van der Waals surface area contributed by atoms with Gasteiger partial charge in [-0.2, -0.15) is 5.26 Å². The third-order valence-corrected chi connectivity index (χ3v) is 2.44. The number of rotatable bonds is 0. The van der Waals surface area contributed by atoms with Gasteiger partial charge in [-0.15, -0.1) is 0 Å². The number of aryl methyl sites for hydroxylation is 1. The Morgan fingerprint density at radius 2 is 2.14 bits per heavy atom. The maximum atomic E-state index is 8.80. The standard InChI is InChI=1S/C11H8N2S/c1-7-2-3-8-5-9(6-12)11(14)13-10(8)4-7/h2-5H,1H3,(H,13,14). The number of nitrogens with one attached hydrogen (secondary N) is 1. The first-order chi connectivity index (χ1) is 6.70. The number of nitrogens with zero attached hydrogens (tertiary/aromatic N) is 1. The molecule has 14 heavy (non-hydrogen) atoms. The first kappa shape index (κ1) is 8.92. The second-order valence-corrected chi connectivity index (χ2v) is 3.62. The van der Waals surface area contributed by atoms with Gasteiger partial charge in [-0.3, -0.25) is 0 Å². The van der Waals surface area contributed by atoms with Gasteiger partial charge in [0.1, 0.15) is 10.7 Å². The highest BCUT2D eigenvalue weighted by molar-refractivity contribution is 7.71. The Hall–Kier alpha value is -1.66. The Morgan fingerprint density at radius 1 is 1.36 bits per heavy atom. The van der Waals surface area contributed by atoms with E-state index in [1.54, 1.807) is 0 Å². The van der Waals surface area contributed by atoms with Gasteiger partial charge in [0.05, 0.1) is 5.56 Å². The molecule has 0 aliphatic rings. The van der Waals surface area contributed by atoms with Crippen LogP contribution in [0.3, 0.4) is 0 Å². The lowest BCUT2D eigenvalue weighted by Gasteiger charge is -2.00. The highest BCUT2D eigenvalue weighted by Gasteiger charge is 1.98. The largest absolute Gasteiger partial charge is 0.345 e. The molecule has 1 aromatic carbocycles. The van der Waals surface area contributed by atoms with Crippen LogP contribution in [0.4, 0.5) is 0 Å². The van der Waals surface area contributed by atoms with E-state index in [0.717, 1.165) is 10.9 Å². The highest BCUT2D eigenvalue weighted by atomic mass is 32.1. The van der Waals surface area contributed by atoms with Crippen LogP contribution in [0, 0.1) is 22.9 Å². The summed E-state index contributed by atoms with van der Waals surface area (Å²) in [6, 6.07) is 9.90. The van der Waals surface area contributed by atoms with Crippen molar-refractivity contribution < 1.29 is 0 Å². The highest BCUT2D eigenvalue weighted by Crippen LogP contribution is 2.15. The molecule has 3 heteroatoms. The molecule has 2 rings (SSSR count). The Kier molecular flexibility index (Phi) is 2.06. The van der Waals surface area contributed by atoms with Crippen LogP contribution < -0.4 is 0 Å². The molecule has 0 saturated carbocycles. The van der Waals surface area contributed by atoms with E-state index >= 15 is 0 Å². The number of aromatic amines is 1. The van der Waals surface area contributed by atoms with E-state index in [0.29, 0.717) is 10.2 Å². The minimum atomic E-state index is 0.505. The second kappa shape index (κ2) is 3.24. The Labute approximate surface area is 86.8 Å². The molecule has 1 heterocycles. The van der Waals surface area contributed by atoms with Crippen molar-refractivity contribution in [2.24, 2.45) is 0 Å². The van der Waals surface area contributed by atoms with Crippen LogP contribution in [0.15, 0.2) is 24.3 Å². The van der Waals surface area contributed by atoms with Gasteiger partial charge in [-0.25, -0.2) is 0 Å². The summed E-state index contributed by atoms with van der Waals surface area (Å²) < 4.78 is 0.505. The number of hydrogen-bond acceptors (Lipinski definition) is 2. The van der Waals surface area contributed by atoms with Gasteiger partial charge in [0.15, 0.2) is 0 Å². The molecule has 1 N–H and O–H groups in total. The lowest BCUT2D eigenvalue weighted by atomic mass is 10.1. The third-order valence-electron chi connectivity index (χ3n) is 2.12. The van der Waals surface area contributed by atoms with Crippen LogP contribution in [-0.2, 0) is 0 Å². The van der Waals surface area contributed by atoms with E-state index in [9.17, 15) is 0 Å². The number of hydrogen-bond donors (Lipinski definition) is 1. The van der Waals surface area contributed by atoms with Crippen molar-refractivity contribution in [2.45, 2.75) is 6.92 Å². The van der Waals surface area contributed by atoms with Crippen molar-refractivity contribution in [3.63, 3.8) is 0 Å². The second-order valence-electron chi connectivity index (χ2n) is 3.21. The Bertz CT molecular complexity index is 590. The van der Waals surface area contributed by atoms with Crippen LogP contribution in [0.5, 0.6) is 0 Å². The fraction of sp³-hybridized carbons (Fsp3) is 0.0909. The van der Waals surface area contributed by atoms with Gasteiger partial charge in [0.2, 0.25) is 0 Å². The maximum absolute atomic E-state index is 8.80. The molecule has 0 spiro atoms. The van der Waals surface area contributed by atoms with Gasteiger partial charge in [-0.05, 0) is 30.0 Å². The van der Waals surface area contributed by atoms with E-state index in [1.807, 2.05) is 31.2 Å². The summed E-state index contributed by atoms with van der Waals surface area (Å²) in [5, 5.41) is 9.81. The zero-order valence-electron chi connectivity index (χ0n) is 7.66. The van der Waals surface area contributed by atoms with E-state index < -0.39 is 0 Å². The van der Waals surface area contributed by atoms with E-state index in [4.69, 9.17) is 17.5 Å². The van der Waals surface area contributed by atoms with Crippen LogP contribution in [0.1, 0.15) is 11.1 Å². The van der Waals surface area contributed by atoms with Crippen molar-refractivity contribution >= 4 is 23.1 Å². The average molecular weight is 200 g/mol. The molecular formula is C11H8N2S. The summed E-state index contributed by atoms with van der Waals surface area (Å²) in [6.45, 7) is 2.02. The van der Waals surface area contributed by atoms with E-state index in [2.05, 4.69) is 11.1 Å². The van der Waals surface area contributed by atoms with Crippen molar-refractivity contribution in [1.29, 1.82) is 5.26 Å². The predicted molar refractivity (Wildman–Crippen MR) is 58.6 cm³/mol. The van der Waals surface area contributed by atoms with Crippen LogP contribution in [-0.4, -0.2) is 4.98 Å². The zero-order valence-corrected chi connectivity index (χ0v) is 8.48. The van der Waals surface area contributed by atoms with Crippen LogP contribution in [0.25, 0.3) is 10.9 Å². The summed E-state index contributed by atoms with van der Waals surface area (Å²) >= 11 is 5.04. The number of fused-ring (bicyclic) bond motifs is 1. The van der Waals surface area contributed by atoms with Gasteiger partial charge in [0, 0.05) is 5.52 Å². The molecule has 0 bridgehead atoms. The summed E-state index contributed by atoms with van der Waals surface area (Å²) in [7, 11) is 0. The molecule has 0 radical (unpaired) electrons. The molecule has 0 fully saturated rings. The van der Waals surface area contributed by atoms with Gasteiger partial charge < -0.3 is 4.98 Å². The number of aromatic nitrogens is 1. The maximum Gasteiger partial charge on any atom is 0.121 e. The van der Waals surface area contributed by atoms with Gasteiger partial charge >= 0.3 is 0 Å². The lowest BCUT2D eigenvalue weighted by molar-refractivity contribution is 1.33. The van der Waals surface area contributed by atoms with Crippen molar-refractivity contribution in [2.75, 3.05) is 0 Å². The molecule has 0 saturated heterocycles. The summed E-state index contributed by atoms with van der Waals surface area (Å²) in [5.74, 6) is 0. The topological polar surface area (TPSA) is 39.6 Å². The van der Waals surface area contributed by atoms with E-state index in [-0.39, 0.29) is 0 Å². The normalized spacial score (nSPS) is 10.0. The van der Waals surface area contributed by atoms with E-state index in [1.165, 1.54) is 5.56 Å². The summed E-state index contributed by atoms with van der Waals surface area (Å²) in [6.07, 6.45) is 0. The van der Waals surface area contributed by atoms with Crippen molar-refractivity contribution in [3.8, 4) is 6.07 Å². The first-order valence-corrected chi connectivity index (χ1v) is 4.65. The molecule has 2 aromatic rings. The van der Waals surface area contributed by atoms with Crippen LogP contribution >= 0.6 is 12.2 Å². The molecule has 1 aromatic heterocycles. The zero-order chi connectivity index (χ0) is 10.1. The fourth-order valence-electron chi connectivity index (χ4n) is 1.40. The Morgan fingerprint density at radius 3 is 2.86 bits per heavy atom. The molecule has 0 atom stereocenters. The minimum absolute atomic E-state index is 0.505. The monoisotopic (exact) mass is 200 g/mol. The molecule has 0 aliphatic carbocycles. The molecular weight excluding hydrogens is 192 g/mol. The molecule has 68 valence electrons. The van der Waals surface area contributed by atoms with Crippen LogP contribution in [0.2, 0.25) is 0 Å². The molecule has 0 unspecified atom stereocenters. The number of H-pyrrole nitrogens is 1. The summed E-state index contributed by atoms with van der Waals surface area (Å²) in [5.41, 5.74) is 2.68. The van der Waals surface area contributed by atoms with Crippen molar-refractivity contribution in [1.82, 2.24) is 4.98 Å². The average Bonchev–Trinajstić information content (AvgIpc) is 2.16. The SMILES string of the molecule is Cc1ccc2cc(C#N)c(=S)[nH]c2c1. The minimum Gasteiger partial charge on any atom is -0.345 e.